The van der Waals surface area contributed by atoms with Crippen LogP contribution in [0.2, 0.25) is 0 Å². The maximum atomic E-state index is 15.0. The number of halogens is 1. The Balaban J connectivity index is 1.31. The summed E-state index contributed by atoms with van der Waals surface area (Å²) in [6.07, 6.45) is 24.2. The SMILES string of the molecule is C/C=C/CCc1ccc2cc(C3CCC(C4CCC(CC/C=C/C)CC4)CC3)ccc2c1F. The van der Waals surface area contributed by atoms with E-state index in [0.29, 0.717) is 5.92 Å². The number of hydrogen-bond acceptors (Lipinski definition) is 0. The van der Waals surface area contributed by atoms with Gasteiger partial charge in [-0.3, -0.25) is 0 Å². The second kappa shape index (κ2) is 12.0. The Labute approximate surface area is 201 Å². The third-order valence-corrected chi connectivity index (χ3v) is 8.65. The van der Waals surface area contributed by atoms with E-state index in [1.165, 1.54) is 69.8 Å². The molecule has 0 amide bonds. The summed E-state index contributed by atoms with van der Waals surface area (Å²) in [5.74, 6) is 3.51. The van der Waals surface area contributed by atoms with Gasteiger partial charge < -0.3 is 0 Å². The molecule has 2 aliphatic carbocycles. The predicted octanol–water partition coefficient (Wildman–Crippen LogP) is 9.92. The molecule has 0 aliphatic heterocycles. The van der Waals surface area contributed by atoms with Crippen LogP contribution in [-0.4, -0.2) is 0 Å². The Hall–Kier alpha value is -1.89. The zero-order chi connectivity index (χ0) is 23.0. The van der Waals surface area contributed by atoms with Crippen LogP contribution in [0, 0.1) is 23.6 Å². The summed E-state index contributed by atoms with van der Waals surface area (Å²) in [6.45, 7) is 4.15. The molecule has 1 heteroatoms. The largest absolute Gasteiger partial charge is 0.206 e. The lowest BCUT2D eigenvalue weighted by atomic mass is 9.68. The van der Waals surface area contributed by atoms with E-state index >= 15 is 4.39 Å². The molecular formula is C32H43F. The van der Waals surface area contributed by atoms with Gasteiger partial charge in [-0.1, -0.05) is 67.5 Å². The molecule has 0 spiro atoms. The van der Waals surface area contributed by atoms with Crippen LogP contribution in [0.3, 0.4) is 0 Å². The molecule has 0 unspecified atom stereocenters. The maximum absolute atomic E-state index is 15.0. The fraction of sp³-hybridized carbons (Fsp3) is 0.562. The zero-order valence-corrected chi connectivity index (χ0v) is 20.9. The topological polar surface area (TPSA) is 0 Å². The zero-order valence-electron chi connectivity index (χ0n) is 20.9. The Morgan fingerprint density at radius 2 is 1.45 bits per heavy atom. The third-order valence-electron chi connectivity index (χ3n) is 8.65. The molecule has 2 aromatic carbocycles. The van der Waals surface area contributed by atoms with Gasteiger partial charge in [0, 0.05) is 5.39 Å². The average molecular weight is 447 g/mol. The minimum atomic E-state index is -0.0198. The summed E-state index contributed by atoms with van der Waals surface area (Å²) in [5, 5.41) is 1.86. The first-order chi connectivity index (χ1) is 16.2. The lowest BCUT2D eigenvalue weighted by Crippen LogP contribution is -2.25. The summed E-state index contributed by atoms with van der Waals surface area (Å²) in [7, 11) is 0. The fourth-order valence-corrected chi connectivity index (χ4v) is 6.58. The average Bonchev–Trinajstić information content (AvgIpc) is 2.86. The van der Waals surface area contributed by atoms with E-state index in [4.69, 9.17) is 0 Å². The van der Waals surface area contributed by atoms with Crippen molar-refractivity contribution < 1.29 is 4.39 Å². The molecule has 0 heterocycles. The Morgan fingerprint density at radius 1 is 0.788 bits per heavy atom. The number of rotatable bonds is 8. The van der Waals surface area contributed by atoms with Crippen molar-refractivity contribution in [2.24, 2.45) is 17.8 Å². The molecule has 0 N–H and O–H groups in total. The smallest absolute Gasteiger partial charge is 0.134 e. The van der Waals surface area contributed by atoms with Gasteiger partial charge in [0.2, 0.25) is 0 Å². The molecule has 2 aliphatic rings. The van der Waals surface area contributed by atoms with Crippen LogP contribution in [0.15, 0.2) is 54.6 Å². The number of aryl methyl sites for hydroxylation is 1. The molecular weight excluding hydrogens is 403 g/mol. The lowest BCUT2D eigenvalue weighted by molar-refractivity contribution is 0.157. The highest BCUT2D eigenvalue weighted by Crippen LogP contribution is 2.44. The highest BCUT2D eigenvalue weighted by atomic mass is 19.1. The van der Waals surface area contributed by atoms with Crippen LogP contribution in [0.25, 0.3) is 10.8 Å². The van der Waals surface area contributed by atoms with Crippen LogP contribution in [0.4, 0.5) is 4.39 Å². The first-order valence-electron chi connectivity index (χ1n) is 13.6. The Bertz CT molecular complexity index is 936. The minimum Gasteiger partial charge on any atom is -0.206 e. The van der Waals surface area contributed by atoms with Crippen molar-refractivity contribution in [3.05, 3.63) is 71.6 Å². The van der Waals surface area contributed by atoms with Gasteiger partial charge in [0.1, 0.15) is 5.82 Å². The van der Waals surface area contributed by atoms with Crippen molar-refractivity contribution in [2.45, 2.75) is 96.8 Å². The Morgan fingerprint density at radius 3 is 2.15 bits per heavy atom. The van der Waals surface area contributed by atoms with Gasteiger partial charge in [-0.25, -0.2) is 4.39 Å². The van der Waals surface area contributed by atoms with E-state index < -0.39 is 0 Å². The predicted molar refractivity (Wildman–Crippen MR) is 141 cm³/mol. The standard InChI is InChI=1S/C32H43F/c1-3-5-7-9-24-11-13-25(14-12-24)26-15-17-27(18-16-26)29-21-22-31-30(23-29)20-19-28(32(31)33)10-8-6-4-2/h3-6,19-27H,7-18H2,1-2H3/b5-3+,6-4+. The molecule has 178 valence electrons. The molecule has 0 nitrogen and oxygen atoms in total. The van der Waals surface area contributed by atoms with Gasteiger partial charge in [0.05, 0.1) is 0 Å². The molecule has 4 rings (SSSR count). The second-order valence-corrected chi connectivity index (χ2v) is 10.7. The highest BCUT2D eigenvalue weighted by Gasteiger charge is 2.31. The molecule has 2 aromatic rings. The van der Waals surface area contributed by atoms with Crippen molar-refractivity contribution >= 4 is 10.8 Å². The van der Waals surface area contributed by atoms with Crippen molar-refractivity contribution in [2.75, 3.05) is 0 Å². The summed E-state index contributed by atoms with van der Waals surface area (Å²) in [4.78, 5) is 0. The number of hydrogen-bond donors (Lipinski definition) is 0. The van der Waals surface area contributed by atoms with E-state index in [2.05, 4.69) is 43.4 Å². The van der Waals surface area contributed by atoms with Crippen LogP contribution in [-0.2, 0) is 6.42 Å². The van der Waals surface area contributed by atoms with Crippen molar-refractivity contribution in [1.82, 2.24) is 0 Å². The number of allylic oxidation sites excluding steroid dienone is 4. The van der Waals surface area contributed by atoms with E-state index in [9.17, 15) is 0 Å². The van der Waals surface area contributed by atoms with Crippen LogP contribution < -0.4 is 0 Å². The minimum absolute atomic E-state index is 0.0198. The molecule has 0 saturated heterocycles. The van der Waals surface area contributed by atoms with Crippen LogP contribution >= 0.6 is 0 Å². The van der Waals surface area contributed by atoms with Crippen molar-refractivity contribution in [3.8, 4) is 0 Å². The molecule has 2 saturated carbocycles. The molecule has 0 aromatic heterocycles. The lowest BCUT2D eigenvalue weighted by Gasteiger charge is -2.38. The van der Waals surface area contributed by atoms with E-state index in [-0.39, 0.29) is 5.82 Å². The molecule has 2 fully saturated rings. The van der Waals surface area contributed by atoms with Gasteiger partial charge in [0.25, 0.3) is 0 Å². The summed E-state index contributed by atoms with van der Waals surface area (Å²) in [5.41, 5.74) is 2.26. The van der Waals surface area contributed by atoms with Gasteiger partial charge in [-0.2, -0.15) is 0 Å². The van der Waals surface area contributed by atoms with Gasteiger partial charge in [-0.15, -0.1) is 0 Å². The Kier molecular flexibility index (Phi) is 8.82. The van der Waals surface area contributed by atoms with Gasteiger partial charge >= 0.3 is 0 Å². The monoisotopic (exact) mass is 446 g/mol. The quantitative estimate of drug-likeness (QED) is 0.354. The van der Waals surface area contributed by atoms with E-state index in [1.54, 1.807) is 0 Å². The summed E-state index contributed by atoms with van der Waals surface area (Å²) in [6, 6.07) is 10.7. The first-order valence-corrected chi connectivity index (χ1v) is 13.6. The molecule has 33 heavy (non-hydrogen) atoms. The van der Waals surface area contributed by atoms with Crippen LogP contribution in [0.5, 0.6) is 0 Å². The maximum Gasteiger partial charge on any atom is 0.134 e. The van der Waals surface area contributed by atoms with E-state index in [1.807, 2.05) is 25.1 Å². The second-order valence-electron chi connectivity index (χ2n) is 10.7. The van der Waals surface area contributed by atoms with E-state index in [0.717, 1.165) is 46.9 Å². The molecule has 0 radical (unpaired) electrons. The third kappa shape index (κ3) is 6.17. The van der Waals surface area contributed by atoms with Crippen molar-refractivity contribution in [1.29, 1.82) is 0 Å². The van der Waals surface area contributed by atoms with Gasteiger partial charge in [0.15, 0.2) is 0 Å². The van der Waals surface area contributed by atoms with Crippen LogP contribution in [0.1, 0.15) is 102 Å². The normalized spacial score (nSPS) is 26.5. The highest BCUT2D eigenvalue weighted by molar-refractivity contribution is 5.84. The number of benzene rings is 2. The summed E-state index contributed by atoms with van der Waals surface area (Å²) >= 11 is 0. The molecule has 0 bridgehead atoms. The first kappa shape index (κ1) is 24.2. The summed E-state index contributed by atoms with van der Waals surface area (Å²) < 4.78 is 15.0. The van der Waals surface area contributed by atoms with Crippen molar-refractivity contribution in [3.63, 3.8) is 0 Å². The molecule has 0 atom stereocenters. The fourth-order valence-electron chi connectivity index (χ4n) is 6.58. The number of fused-ring (bicyclic) bond motifs is 1. The van der Waals surface area contributed by atoms with Gasteiger partial charge in [-0.05, 0) is 118 Å².